The van der Waals surface area contributed by atoms with E-state index in [1.807, 2.05) is 0 Å². The van der Waals surface area contributed by atoms with Gasteiger partial charge in [0.05, 0.1) is 6.54 Å². The van der Waals surface area contributed by atoms with Crippen molar-refractivity contribution in [3.63, 3.8) is 0 Å². The topological polar surface area (TPSA) is 73.6 Å². The number of hydrogen-bond donors (Lipinski definition) is 3. The molecule has 0 aromatic carbocycles. The van der Waals surface area contributed by atoms with Gasteiger partial charge in [-0.1, -0.05) is 0 Å². The molecule has 0 atom stereocenters. The first-order valence-corrected chi connectivity index (χ1v) is 4.26. The SMILES string of the molecule is O=C(NCc1ncc[nH]1)c1ccc[nH]1. The Bertz CT molecular complexity index is 390. The van der Waals surface area contributed by atoms with Gasteiger partial charge in [-0.25, -0.2) is 4.98 Å². The van der Waals surface area contributed by atoms with Crippen molar-refractivity contribution < 1.29 is 4.79 Å². The highest BCUT2D eigenvalue weighted by molar-refractivity contribution is 5.92. The van der Waals surface area contributed by atoms with E-state index >= 15 is 0 Å². The second-order valence-corrected chi connectivity index (χ2v) is 2.80. The molecule has 0 aliphatic heterocycles. The first-order valence-electron chi connectivity index (χ1n) is 4.26. The van der Waals surface area contributed by atoms with E-state index in [9.17, 15) is 4.79 Å². The molecule has 0 fully saturated rings. The van der Waals surface area contributed by atoms with Gasteiger partial charge in [-0.05, 0) is 12.1 Å². The van der Waals surface area contributed by atoms with Crippen molar-refractivity contribution in [3.05, 3.63) is 42.2 Å². The Labute approximate surface area is 80.6 Å². The minimum atomic E-state index is -0.133. The minimum absolute atomic E-state index is 0.133. The summed E-state index contributed by atoms with van der Waals surface area (Å²) in [5.41, 5.74) is 0.552. The van der Waals surface area contributed by atoms with Gasteiger partial charge in [0, 0.05) is 18.6 Å². The number of carbonyl (C=O) groups excluding carboxylic acids is 1. The van der Waals surface area contributed by atoms with E-state index < -0.39 is 0 Å². The van der Waals surface area contributed by atoms with Crippen molar-refractivity contribution in [1.82, 2.24) is 20.3 Å². The van der Waals surface area contributed by atoms with Crippen LogP contribution in [0.4, 0.5) is 0 Å². The van der Waals surface area contributed by atoms with E-state index in [0.717, 1.165) is 5.82 Å². The van der Waals surface area contributed by atoms with Crippen LogP contribution >= 0.6 is 0 Å². The van der Waals surface area contributed by atoms with Crippen LogP contribution in [0.1, 0.15) is 16.3 Å². The molecular formula is C9H10N4O. The molecule has 0 unspecified atom stereocenters. The quantitative estimate of drug-likeness (QED) is 0.665. The number of rotatable bonds is 3. The minimum Gasteiger partial charge on any atom is -0.357 e. The molecule has 0 aliphatic rings. The number of nitrogens with zero attached hydrogens (tertiary/aromatic N) is 1. The molecule has 14 heavy (non-hydrogen) atoms. The lowest BCUT2D eigenvalue weighted by atomic mass is 10.4. The summed E-state index contributed by atoms with van der Waals surface area (Å²) in [6, 6.07) is 3.50. The van der Waals surface area contributed by atoms with Gasteiger partial charge < -0.3 is 15.3 Å². The molecule has 0 spiro atoms. The van der Waals surface area contributed by atoms with Crippen LogP contribution in [0.2, 0.25) is 0 Å². The van der Waals surface area contributed by atoms with Crippen LogP contribution in [0.15, 0.2) is 30.7 Å². The van der Waals surface area contributed by atoms with Crippen LogP contribution in [0.25, 0.3) is 0 Å². The van der Waals surface area contributed by atoms with Gasteiger partial charge in [0.2, 0.25) is 0 Å². The fourth-order valence-corrected chi connectivity index (χ4v) is 1.13. The molecule has 0 saturated heterocycles. The summed E-state index contributed by atoms with van der Waals surface area (Å²) in [6.45, 7) is 0.408. The summed E-state index contributed by atoms with van der Waals surface area (Å²) in [4.78, 5) is 21.1. The molecule has 2 rings (SSSR count). The fourth-order valence-electron chi connectivity index (χ4n) is 1.13. The summed E-state index contributed by atoms with van der Waals surface area (Å²) in [7, 11) is 0. The molecule has 2 aromatic heterocycles. The van der Waals surface area contributed by atoms with Gasteiger partial charge in [-0.15, -0.1) is 0 Å². The zero-order valence-electron chi connectivity index (χ0n) is 7.45. The van der Waals surface area contributed by atoms with Crippen LogP contribution in [0.5, 0.6) is 0 Å². The Morgan fingerprint density at radius 2 is 2.36 bits per heavy atom. The number of amides is 1. The molecule has 1 amide bonds. The number of imidazole rings is 1. The molecule has 2 heterocycles. The Balaban J connectivity index is 1.90. The Morgan fingerprint density at radius 1 is 1.43 bits per heavy atom. The predicted molar refractivity (Wildman–Crippen MR) is 50.6 cm³/mol. The lowest BCUT2D eigenvalue weighted by Crippen LogP contribution is -2.23. The number of carbonyl (C=O) groups is 1. The molecule has 72 valence electrons. The van der Waals surface area contributed by atoms with Gasteiger partial charge in [0.25, 0.3) is 5.91 Å². The number of hydrogen-bond acceptors (Lipinski definition) is 2. The summed E-state index contributed by atoms with van der Waals surface area (Å²) in [6.07, 6.45) is 5.08. The smallest absolute Gasteiger partial charge is 0.268 e. The molecule has 0 bridgehead atoms. The largest absolute Gasteiger partial charge is 0.357 e. The first kappa shape index (κ1) is 8.55. The van der Waals surface area contributed by atoms with Crippen molar-refractivity contribution in [1.29, 1.82) is 0 Å². The van der Waals surface area contributed by atoms with Gasteiger partial charge in [0.15, 0.2) is 0 Å². The number of nitrogens with one attached hydrogen (secondary N) is 3. The van der Waals surface area contributed by atoms with Crippen molar-refractivity contribution >= 4 is 5.91 Å². The first-order chi connectivity index (χ1) is 6.86. The summed E-state index contributed by atoms with van der Waals surface area (Å²) in [5.74, 6) is 0.608. The number of aromatic nitrogens is 3. The summed E-state index contributed by atoms with van der Waals surface area (Å²) in [5, 5.41) is 2.72. The zero-order valence-corrected chi connectivity index (χ0v) is 7.45. The monoisotopic (exact) mass is 190 g/mol. The van der Waals surface area contributed by atoms with Crippen molar-refractivity contribution in [2.45, 2.75) is 6.54 Å². The van der Waals surface area contributed by atoms with Crippen molar-refractivity contribution in [2.75, 3.05) is 0 Å². The van der Waals surface area contributed by atoms with Gasteiger partial charge in [0.1, 0.15) is 11.5 Å². The van der Waals surface area contributed by atoms with Gasteiger partial charge in [-0.3, -0.25) is 4.79 Å². The number of H-pyrrole nitrogens is 2. The lowest BCUT2D eigenvalue weighted by molar-refractivity contribution is 0.0945. The van der Waals surface area contributed by atoms with Crippen LogP contribution in [0, 0.1) is 0 Å². The fraction of sp³-hybridized carbons (Fsp3) is 0.111. The maximum Gasteiger partial charge on any atom is 0.268 e. The maximum atomic E-state index is 11.4. The van der Waals surface area contributed by atoms with Crippen LogP contribution in [-0.4, -0.2) is 20.9 Å². The van der Waals surface area contributed by atoms with Gasteiger partial charge >= 0.3 is 0 Å². The average molecular weight is 190 g/mol. The van der Waals surface area contributed by atoms with E-state index in [0.29, 0.717) is 12.2 Å². The molecule has 3 N–H and O–H groups in total. The molecule has 0 radical (unpaired) electrons. The lowest BCUT2D eigenvalue weighted by Gasteiger charge is -2.00. The Kier molecular flexibility index (Phi) is 2.31. The molecular weight excluding hydrogens is 180 g/mol. The highest BCUT2D eigenvalue weighted by atomic mass is 16.1. The maximum absolute atomic E-state index is 11.4. The standard InChI is InChI=1S/C9H10N4O/c14-9(7-2-1-3-10-7)13-6-8-11-4-5-12-8/h1-5,10H,6H2,(H,11,12)(H,13,14). The predicted octanol–water partition coefficient (Wildman–Crippen LogP) is 0.668. The third-order valence-corrected chi connectivity index (χ3v) is 1.81. The second-order valence-electron chi connectivity index (χ2n) is 2.80. The average Bonchev–Trinajstić information content (AvgIpc) is 2.87. The second kappa shape index (κ2) is 3.78. The molecule has 0 saturated carbocycles. The highest BCUT2D eigenvalue weighted by Gasteiger charge is 2.05. The van der Waals surface area contributed by atoms with Crippen LogP contribution in [0.3, 0.4) is 0 Å². The third-order valence-electron chi connectivity index (χ3n) is 1.81. The summed E-state index contributed by atoms with van der Waals surface area (Å²) >= 11 is 0. The van der Waals surface area contributed by atoms with E-state index in [1.165, 1.54) is 0 Å². The van der Waals surface area contributed by atoms with Crippen LogP contribution < -0.4 is 5.32 Å². The Hall–Kier alpha value is -2.04. The van der Waals surface area contributed by atoms with Crippen LogP contribution in [-0.2, 0) is 6.54 Å². The van der Waals surface area contributed by atoms with E-state index in [4.69, 9.17) is 0 Å². The van der Waals surface area contributed by atoms with Crippen molar-refractivity contribution in [3.8, 4) is 0 Å². The Morgan fingerprint density at radius 3 is 3.00 bits per heavy atom. The third kappa shape index (κ3) is 1.82. The molecule has 0 aliphatic carbocycles. The van der Waals surface area contributed by atoms with E-state index in [-0.39, 0.29) is 5.91 Å². The molecule has 5 nitrogen and oxygen atoms in total. The normalized spacial score (nSPS) is 10.0. The van der Waals surface area contributed by atoms with E-state index in [1.54, 1.807) is 30.7 Å². The highest BCUT2D eigenvalue weighted by Crippen LogP contribution is 1.94. The van der Waals surface area contributed by atoms with E-state index in [2.05, 4.69) is 20.3 Å². The molecule has 2 aromatic rings. The zero-order chi connectivity index (χ0) is 9.80. The van der Waals surface area contributed by atoms with Gasteiger partial charge in [-0.2, -0.15) is 0 Å². The van der Waals surface area contributed by atoms with Crippen molar-refractivity contribution in [2.24, 2.45) is 0 Å². The summed E-state index contributed by atoms with van der Waals surface area (Å²) < 4.78 is 0. The number of aromatic amines is 2. The molecule has 5 heteroatoms.